The zero-order valence-electron chi connectivity index (χ0n) is 11.4. The van der Waals surface area contributed by atoms with E-state index in [4.69, 9.17) is 10.9 Å². The third kappa shape index (κ3) is 4.15. The molecule has 1 aromatic rings. The summed E-state index contributed by atoms with van der Waals surface area (Å²) in [5.74, 6) is -0.0719. The van der Waals surface area contributed by atoms with Crippen LogP contribution in [0, 0.1) is 11.7 Å². The third-order valence-corrected chi connectivity index (χ3v) is 5.37. The second-order valence-corrected chi connectivity index (χ2v) is 7.42. The second-order valence-electron chi connectivity index (χ2n) is 5.19. The average Bonchev–Trinajstić information content (AvgIpc) is 2.79. The van der Waals surface area contributed by atoms with E-state index in [1.54, 1.807) is 12.1 Å². The normalized spacial score (nSPS) is 21.6. The molecule has 1 atom stereocenters. The molecule has 116 valence electrons. The Morgan fingerprint density at radius 1 is 1.52 bits per heavy atom. The molecule has 0 aromatic heterocycles. The van der Waals surface area contributed by atoms with Gasteiger partial charge in [0.1, 0.15) is 5.82 Å². The van der Waals surface area contributed by atoms with E-state index in [0.29, 0.717) is 30.6 Å². The van der Waals surface area contributed by atoms with Crippen molar-refractivity contribution in [1.82, 2.24) is 5.32 Å². The summed E-state index contributed by atoms with van der Waals surface area (Å²) in [7, 11) is -2.88. The highest BCUT2D eigenvalue weighted by atomic mass is 32.2. The van der Waals surface area contributed by atoms with Gasteiger partial charge in [-0.3, -0.25) is 0 Å². The van der Waals surface area contributed by atoms with Gasteiger partial charge in [0.2, 0.25) is 0 Å². The fourth-order valence-corrected chi connectivity index (χ4v) is 4.21. The van der Waals surface area contributed by atoms with E-state index in [9.17, 15) is 12.8 Å². The topological polar surface area (TPSA) is 105 Å². The van der Waals surface area contributed by atoms with Crippen LogP contribution in [0.25, 0.3) is 0 Å². The Morgan fingerprint density at radius 2 is 2.29 bits per heavy atom. The molecular formula is C13H18FN3O3S. The first-order chi connectivity index (χ1) is 9.91. The van der Waals surface area contributed by atoms with Crippen molar-refractivity contribution in [1.29, 1.82) is 0 Å². The van der Waals surface area contributed by atoms with Crippen molar-refractivity contribution in [2.75, 3.05) is 18.1 Å². The molecule has 0 spiro atoms. The predicted molar refractivity (Wildman–Crippen MR) is 77.4 cm³/mol. The van der Waals surface area contributed by atoms with E-state index in [0.717, 1.165) is 0 Å². The monoisotopic (exact) mass is 315 g/mol. The summed E-state index contributed by atoms with van der Waals surface area (Å²) in [5, 5.41) is 14.4. The maximum absolute atomic E-state index is 13.8. The number of hydrogen-bond donors (Lipinski definition) is 3. The van der Waals surface area contributed by atoms with Crippen molar-refractivity contribution < 1.29 is 18.0 Å². The molecule has 4 N–H and O–H groups in total. The number of halogens is 1. The van der Waals surface area contributed by atoms with Crippen LogP contribution in [-0.2, 0) is 16.4 Å². The molecule has 1 fully saturated rings. The molecule has 1 aliphatic rings. The molecule has 0 bridgehead atoms. The number of oxime groups is 1. The van der Waals surface area contributed by atoms with Crippen LogP contribution in [0.15, 0.2) is 23.4 Å². The molecule has 0 amide bonds. The van der Waals surface area contributed by atoms with Gasteiger partial charge in [-0.1, -0.05) is 17.3 Å². The fourth-order valence-electron chi connectivity index (χ4n) is 2.35. The van der Waals surface area contributed by atoms with Gasteiger partial charge in [-0.15, -0.1) is 0 Å². The average molecular weight is 315 g/mol. The van der Waals surface area contributed by atoms with Crippen LogP contribution in [0.2, 0.25) is 0 Å². The number of amidine groups is 1. The van der Waals surface area contributed by atoms with Crippen molar-refractivity contribution in [3.8, 4) is 0 Å². The lowest BCUT2D eigenvalue weighted by molar-refractivity contribution is 0.318. The summed E-state index contributed by atoms with van der Waals surface area (Å²) in [6.07, 6.45) is 0.653. The van der Waals surface area contributed by atoms with Crippen LogP contribution >= 0.6 is 0 Å². The van der Waals surface area contributed by atoms with Crippen molar-refractivity contribution in [3.05, 3.63) is 35.1 Å². The molecule has 6 nitrogen and oxygen atoms in total. The highest BCUT2D eigenvalue weighted by Crippen LogP contribution is 2.17. The van der Waals surface area contributed by atoms with E-state index < -0.39 is 15.7 Å². The SMILES string of the molecule is NC(=NO)c1ccc(CNCC2CCS(=O)(=O)C2)c(F)c1. The number of hydrogen-bond acceptors (Lipinski definition) is 5. The van der Waals surface area contributed by atoms with E-state index in [1.807, 2.05) is 0 Å². The van der Waals surface area contributed by atoms with Crippen molar-refractivity contribution in [2.24, 2.45) is 16.8 Å². The van der Waals surface area contributed by atoms with Crippen LogP contribution in [-0.4, -0.2) is 37.5 Å². The molecule has 8 heteroatoms. The van der Waals surface area contributed by atoms with Gasteiger partial charge >= 0.3 is 0 Å². The molecule has 21 heavy (non-hydrogen) atoms. The second kappa shape index (κ2) is 6.40. The number of nitrogens with two attached hydrogens (primary N) is 1. The lowest BCUT2D eigenvalue weighted by Gasteiger charge is -2.10. The first-order valence-corrected chi connectivity index (χ1v) is 8.41. The maximum atomic E-state index is 13.8. The molecule has 0 saturated carbocycles. The van der Waals surface area contributed by atoms with Gasteiger partial charge in [-0.2, -0.15) is 0 Å². The Balaban J connectivity index is 1.89. The fraction of sp³-hybridized carbons (Fsp3) is 0.462. The Labute approximate surface area is 122 Å². The van der Waals surface area contributed by atoms with Crippen LogP contribution in [0.1, 0.15) is 17.5 Å². The molecule has 1 heterocycles. The number of sulfone groups is 1. The zero-order chi connectivity index (χ0) is 15.5. The van der Waals surface area contributed by atoms with Gasteiger partial charge in [0.25, 0.3) is 0 Å². The van der Waals surface area contributed by atoms with E-state index in [2.05, 4.69) is 10.5 Å². The summed E-state index contributed by atoms with van der Waals surface area (Å²) in [4.78, 5) is 0. The van der Waals surface area contributed by atoms with Crippen LogP contribution in [0.5, 0.6) is 0 Å². The third-order valence-electron chi connectivity index (χ3n) is 3.53. The highest BCUT2D eigenvalue weighted by Gasteiger charge is 2.27. The first-order valence-electron chi connectivity index (χ1n) is 6.59. The number of rotatable bonds is 5. The summed E-state index contributed by atoms with van der Waals surface area (Å²) in [6, 6.07) is 4.32. The summed E-state index contributed by atoms with van der Waals surface area (Å²) < 4.78 is 36.5. The smallest absolute Gasteiger partial charge is 0.170 e. The number of nitrogens with zero attached hydrogens (tertiary/aromatic N) is 1. The predicted octanol–water partition coefficient (Wildman–Crippen LogP) is 0.444. The molecule has 1 unspecified atom stereocenters. The molecule has 0 radical (unpaired) electrons. The quantitative estimate of drug-likeness (QED) is 0.317. The first kappa shape index (κ1) is 15.7. The molecule has 1 aliphatic heterocycles. The Hall–Kier alpha value is -1.67. The summed E-state index contributed by atoms with van der Waals surface area (Å²) in [6.45, 7) is 0.847. The van der Waals surface area contributed by atoms with Crippen LogP contribution < -0.4 is 11.1 Å². The van der Waals surface area contributed by atoms with Gasteiger partial charge in [0.15, 0.2) is 15.7 Å². The molecule has 1 aromatic carbocycles. The number of benzene rings is 1. The Morgan fingerprint density at radius 3 is 2.86 bits per heavy atom. The Bertz CT molecular complexity index is 646. The van der Waals surface area contributed by atoms with Crippen molar-refractivity contribution >= 4 is 15.7 Å². The maximum Gasteiger partial charge on any atom is 0.170 e. The molecule has 2 rings (SSSR count). The van der Waals surface area contributed by atoms with Gasteiger partial charge in [-0.05, 0) is 24.9 Å². The van der Waals surface area contributed by atoms with E-state index in [-0.39, 0.29) is 23.3 Å². The van der Waals surface area contributed by atoms with Gasteiger partial charge in [-0.25, -0.2) is 12.8 Å². The number of nitrogens with one attached hydrogen (secondary N) is 1. The van der Waals surface area contributed by atoms with Gasteiger partial charge in [0.05, 0.1) is 11.5 Å². The van der Waals surface area contributed by atoms with Gasteiger partial charge in [0, 0.05) is 17.7 Å². The van der Waals surface area contributed by atoms with E-state index >= 15 is 0 Å². The van der Waals surface area contributed by atoms with Gasteiger partial charge < -0.3 is 16.3 Å². The Kier molecular flexibility index (Phi) is 4.79. The lowest BCUT2D eigenvalue weighted by atomic mass is 10.1. The lowest BCUT2D eigenvalue weighted by Crippen LogP contribution is -2.24. The summed E-state index contributed by atoms with van der Waals surface area (Å²) >= 11 is 0. The molecule has 0 aliphatic carbocycles. The summed E-state index contributed by atoms with van der Waals surface area (Å²) in [5.41, 5.74) is 6.14. The highest BCUT2D eigenvalue weighted by molar-refractivity contribution is 7.91. The minimum atomic E-state index is -2.88. The van der Waals surface area contributed by atoms with Crippen molar-refractivity contribution in [2.45, 2.75) is 13.0 Å². The van der Waals surface area contributed by atoms with E-state index in [1.165, 1.54) is 6.07 Å². The standard InChI is InChI=1S/C13H18FN3O3S/c14-12-5-10(13(15)17-18)1-2-11(12)7-16-6-9-3-4-21(19,20)8-9/h1-2,5,9,16,18H,3-4,6-8H2,(H2,15,17). The molecule has 1 saturated heterocycles. The molecular weight excluding hydrogens is 297 g/mol. The zero-order valence-corrected chi connectivity index (χ0v) is 12.2. The largest absolute Gasteiger partial charge is 0.409 e. The van der Waals surface area contributed by atoms with Crippen LogP contribution in [0.3, 0.4) is 0 Å². The minimum Gasteiger partial charge on any atom is -0.409 e. The van der Waals surface area contributed by atoms with Crippen LogP contribution in [0.4, 0.5) is 4.39 Å². The minimum absolute atomic E-state index is 0.0921. The van der Waals surface area contributed by atoms with Crippen molar-refractivity contribution in [3.63, 3.8) is 0 Å².